The topological polar surface area (TPSA) is 26.0 Å². The highest BCUT2D eigenvalue weighted by molar-refractivity contribution is 6.32. The summed E-state index contributed by atoms with van der Waals surface area (Å²) in [6.07, 6.45) is 2.15. The summed E-state index contributed by atoms with van der Waals surface area (Å²) in [6.45, 7) is 6.44. The van der Waals surface area contributed by atoms with Gasteiger partial charge in [-0.3, -0.25) is 0 Å². The summed E-state index contributed by atoms with van der Waals surface area (Å²) in [5, 5.41) is 0.828. The van der Waals surface area contributed by atoms with Gasteiger partial charge in [-0.15, -0.1) is 0 Å². The van der Waals surface area contributed by atoms with Crippen LogP contribution in [0.4, 0.5) is 0 Å². The first kappa shape index (κ1) is 12.5. The second kappa shape index (κ2) is 5.53. The minimum absolute atomic E-state index is 0.0693. The lowest BCUT2D eigenvalue weighted by Crippen LogP contribution is -2.12. The first-order valence-corrected chi connectivity index (χ1v) is 5.90. The molecule has 1 unspecified atom stereocenters. The van der Waals surface area contributed by atoms with E-state index in [9.17, 15) is 0 Å². The number of hydrogen-bond acceptors (Lipinski definition) is 1. The van der Waals surface area contributed by atoms with Crippen LogP contribution in [0.15, 0.2) is 18.2 Å². The zero-order chi connectivity index (χ0) is 11.4. The van der Waals surface area contributed by atoms with Gasteiger partial charge in [-0.2, -0.15) is 0 Å². The first-order valence-electron chi connectivity index (χ1n) is 5.53. The molecule has 0 saturated heterocycles. The molecule has 0 aliphatic carbocycles. The van der Waals surface area contributed by atoms with Crippen molar-refractivity contribution in [2.45, 2.75) is 39.7 Å². The number of halogens is 1. The third-order valence-corrected chi connectivity index (χ3v) is 3.19. The van der Waals surface area contributed by atoms with E-state index < -0.39 is 0 Å². The predicted octanol–water partition coefficient (Wildman–Crippen LogP) is 4.08. The number of nitrogens with two attached hydrogens (primary N) is 1. The van der Waals surface area contributed by atoms with Crippen LogP contribution in [-0.2, 0) is 0 Å². The predicted molar refractivity (Wildman–Crippen MR) is 67.2 cm³/mol. The van der Waals surface area contributed by atoms with E-state index in [1.54, 1.807) is 0 Å². The van der Waals surface area contributed by atoms with Crippen LogP contribution in [0.25, 0.3) is 0 Å². The number of benzene rings is 1. The molecule has 2 heteroatoms. The van der Waals surface area contributed by atoms with Crippen LogP contribution < -0.4 is 5.73 Å². The standard InChI is InChI=1S/C13H20ClN/c1-9(2)7-8-12(15)11-6-4-5-10(3)13(11)14/h4-6,9,12H,7-8,15H2,1-3H3. The van der Waals surface area contributed by atoms with Gasteiger partial charge in [-0.25, -0.2) is 0 Å². The lowest BCUT2D eigenvalue weighted by Gasteiger charge is -2.16. The summed E-state index contributed by atoms with van der Waals surface area (Å²) in [5.74, 6) is 0.694. The maximum absolute atomic E-state index is 6.22. The zero-order valence-electron chi connectivity index (χ0n) is 9.76. The van der Waals surface area contributed by atoms with E-state index in [4.69, 9.17) is 17.3 Å². The molecule has 0 radical (unpaired) electrons. The molecule has 1 nitrogen and oxygen atoms in total. The summed E-state index contributed by atoms with van der Waals surface area (Å²) in [4.78, 5) is 0. The highest BCUT2D eigenvalue weighted by atomic mass is 35.5. The largest absolute Gasteiger partial charge is 0.324 e. The lowest BCUT2D eigenvalue weighted by atomic mass is 9.97. The molecule has 15 heavy (non-hydrogen) atoms. The monoisotopic (exact) mass is 225 g/mol. The van der Waals surface area contributed by atoms with Gasteiger partial charge in [0.05, 0.1) is 0 Å². The molecular weight excluding hydrogens is 206 g/mol. The van der Waals surface area contributed by atoms with Gasteiger partial charge in [0.1, 0.15) is 0 Å². The van der Waals surface area contributed by atoms with E-state index >= 15 is 0 Å². The van der Waals surface area contributed by atoms with E-state index in [2.05, 4.69) is 13.8 Å². The highest BCUT2D eigenvalue weighted by Crippen LogP contribution is 2.27. The van der Waals surface area contributed by atoms with Gasteiger partial charge in [-0.1, -0.05) is 43.6 Å². The highest BCUT2D eigenvalue weighted by Gasteiger charge is 2.11. The molecule has 1 aromatic carbocycles. The Morgan fingerprint density at radius 3 is 2.53 bits per heavy atom. The Kier molecular flexibility index (Phi) is 4.62. The molecule has 0 aromatic heterocycles. The Hall–Kier alpha value is -0.530. The Balaban J connectivity index is 2.73. The number of rotatable bonds is 4. The minimum Gasteiger partial charge on any atom is -0.324 e. The third-order valence-electron chi connectivity index (χ3n) is 2.68. The van der Waals surface area contributed by atoms with Crippen molar-refractivity contribution >= 4 is 11.6 Å². The Bertz CT molecular complexity index is 320. The second-order valence-electron chi connectivity index (χ2n) is 4.56. The molecule has 1 aromatic rings. The Morgan fingerprint density at radius 2 is 1.93 bits per heavy atom. The zero-order valence-corrected chi connectivity index (χ0v) is 10.5. The molecule has 0 amide bonds. The number of aryl methyl sites for hydroxylation is 1. The average Bonchev–Trinajstić information content (AvgIpc) is 2.18. The fourth-order valence-corrected chi connectivity index (χ4v) is 1.89. The summed E-state index contributed by atoms with van der Waals surface area (Å²) in [5.41, 5.74) is 8.32. The van der Waals surface area contributed by atoms with Gasteiger partial charge >= 0.3 is 0 Å². The van der Waals surface area contributed by atoms with Crippen LogP contribution in [0, 0.1) is 12.8 Å². The van der Waals surface area contributed by atoms with E-state index in [0.717, 1.165) is 29.0 Å². The van der Waals surface area contributed by atoms with Crippen molar-refractivity contribution in [1.29, 1.82) is 0 Å². The van der Waals surface area contributed by atoms with E-state index in [1.165, 1.54) is 0 Å². The van der Waals surface area contributed by atoms with E-state index in [0.29, 0.717) is 5.92 Å². The molecule has 0 spiro atoms. The van der Waals surface area contributed by atoms with Crippen molar-refractivity contribution in [3.8, 4) is 0 Å². The molecule has 0 bridgehead atoms. The smallest absolute Gasteiger partial charge is 0.0482 e. The first-order chi connectivity index (χ1) is 7.02. The fourth-order valence-electron chi connectivity index (χ4n) is 1.62. The molecule has 0 heterocycles. The van der Waals surface area contributed by atoms with E-state index in [-0.39, 0.29) is 6.04 Å². The van der Waals surface area contributed by atoms with Crippen LogP contribution in [-0.4, -0.2) is 0 Å². The van der Waals surface area contributed by atoms with Crippen LogP contribution >= 0.6 is 11.6 Å². The molecule has 1 atom stereocenters. The van der Waals surface area contributed by atoms with Crippen LogP contribution in [0.1, 0.15) is 43.9 Å². The Morgan fingerprint density at radius 1 is 1.27 bits per heavy atom. The normalized spacial score (nSPS) is 13.2. The van der Waals surface area contributed by atoms with Gasteiger partial charge in [0.2, 0.25) is 0 Å². The van der Waals surface area contributed by atoms with Gasteiger partial charge < -0.3 is 5.73 Å². The summed E-state index contributed by atoms with van der Waals surface area (Å²) in [7, 11) is 0. The van der Waals surface area contributed by atoms with Crippen molar-refractivity contribution in [2.75, 3.05) is 0 Å². The molecule has 84 valence electrons. The molecule has 0 fully saturated rings. The van der Waals surface area contributed by atoms with Gasteiger partial charge in [-0.05, 0) is 36.8 Å². The third kappa shape index (κ3) is 3.51. The van der Waals surface area contributed by atoms with Gasteiger partial charge in [0.25, 0.3) is 0 Å². The summed E-state index contributed by atoms with van der Waals surface area (Å²) in [6, 6.07) is 6.13. The van der Waals surface area contributed by atoms with Crippen molar-refractivity contribution < 1.29 is 0 Å². The van der Waals surface area contributed by atoms with Crippen molar-refractivity contribution in [1.82, 2.24) is 0 Å². The second-order valence-corrected chi connectivity index (χ2v) is 4.93. The van der Waals surface area contributed by atoms with Crippen LogP contribution in [0.2, 0.25) is 5.02 Å². The van der Waals surface area contributed by atoms with Crippen molar-refractivity contribution in [2.24, 2.45) is 11.7 Å². The molecule has 0 saturated carbocycles. The average molecular weight is 226 g/mol. The number of hydrogen-bond donors (Lipinski definition) is 1. The van der Waals surface area contributed by atoms with Crippen molar-refractivity contribution in [3.63, 3.8) is 0 Å². The maximum Gasteiger partial charge on any atom is 0.0482 e. The lowest BCUT2D eigenvalue weighted by molar-refractivity contribution is 0.507. The Labute approximate surface area is 97.6 Å². The SMILES string of the molecule is Cc1cccc(C(N)CCC(C)C)c1Cl. The van der Waals surface area contributed by atoms with Gasteiger partial charge in [0, 0.05) is 11.1 Å². The summed E-state index contributed by atoms with van der Waals surface area (Å²) >= 11 is 6.22. The van der Waals surface area contributed by atoms with Gasteiger partial charge in [0.15, 0.2) is 0 Å². The molecule has 1 rings (SSSR count). The molecule has 2 N–H and O–H groups in total. The minimum atomic E-state index is 0.0693. The maximum atomic E-state index is 6.22. The quantitative estimate of drug-likeness (QED) is 0.821. The van der Waals surface area contributed by atoms with Crippen LogP contribution in [0.3, 0.4) is 0 Å². The molecule has 0 aliphatic heterocycles. The van der Waals surface area contributed by atoms with Crippen LogP contribution in [0.5, 0.6) is 0 Å². The van der Waals surface area contributed by atoms with Crippen molar-refractivity contribution in [3.05, 3.63) is 34.3 Å². The van der Waals surface area contributed by atoms with E-state index in [1.807, 2.05) is 25.1 Å². The molecular formula is C13H20ClN. The fraction of sp³-hybridized carbons (Fsp3) is 0.538. The molecule has 0 aliphatic rings. The summed E-state index contributed by atoms with van der Waals surface area (Å²) < 4.78 is 0.